The molecule has 1 N–H and O–H groups in total. The van der Waals surface area contributed by atoms with Gasteiger partial charge in [0.25, 0.3) is 0 Å². The Morgan fingerprint density at radius 1 is 1.07 bits per heavy atom. The molecule has 0 saturated carbocycles. The zero-order valence-electron chi connectivity index (χ0n) is 14.2. The second-order valence-electron chi connectivity index (χ2n) is 5.00. The maximum Gasteiger partial charge on any atom is 0.427 e. The monoisotopic (exact) mass is 402 g/mol. The summed E-state index contributed by atoms with van der Waals surface area (Å²) in [6.45, 7) is -0.314. The summed E-state index contributed by atoms with van der Waals surface area (Å²) in [5.41, 5.74) is 1.84. The van der Waals surface area contributed by atoms with Crippen LogP contribution in [0.4, 0.5) is 31.1 Å². The van der Waals surface area contributed by atoms with E-state index in [0.29, 0.717) is 0 Å². The quantitative estimate of drug-likeness (QED) is 0.425. The zero-order valence-corrected chi connectivity index (χ0v) is 14.2. The molecule has 0 aliphatic carbocycles. The van der Waals surface area contributed by atoms with Gasteiger partial charge in [-0.1, -0.05) is 0 Å². The van der Waals surface area contributed by atoms with Crippen LogP contribution in [-0.2, 0) is 4.74 Å². The molecule has 0 radical (unpaired) electrons. The molecule has 1 aromatic rings. The molecule has 1 rings (SSSR count). The first kappa shape index (κ1) is 22.4. The Bertz CT molecular complexity index is 673. The highest BCUT2D eigenvalue weighted by Gasteiger charge is 2.30. The summed E-state index contributed by atoms with van der Waals surface area (Å²) in [5, 5.41) is 3.62. The van der Waals surface area contributed by atoms with E-state index >= 15 is 0 Å². The lowest BCUT2D eigenvalue weighted by Gasteiger charge is -2.15. The Morgan fingerprint density at radius 2 is 1.67 bits per heavy atom. The predicted molar refractivity (Wildman–Crippen MR) is 81.9 cm³/mol. The van der Waals surface area contributed by atoms with Crippen LogP contribution in [0.1, 0.15) is 19.4 Å². The van der Waals surface area contributed by atoms with E-state index in [1.807, 2.05) is 5.43 Å². The summed E-state index contributed by atoms with van der Waals surface area (Å²) in [5.74, 6) is -0.578. The maximum atomic E-state index is 12.4. The molecule has 0 saturated heterocycles. The topological polar surface area (TPSA) is 69.2 Å². The maximum absolute atomic E-state index is 12.4. The third-order valence-corrected chi connectivity index (χ3v) is 2.72. The molecule has 0 atom stereocenters. The highest BCUT2D eigenvalue weighted by atomic mass is 19.4. The van der Waals surface area contributed by atoms with Crippen molar-refractivity contribution < 1.29 is 45.3 Å². The number of carbonyl (C=O) groups is 1. The van der Waals surface area contributed by atoms with Crippen LogP contribution in [0.15, 0.2) is 23.3 Å². The number of alkyl halides is 6. The van der Waals surface area contributed by atoms with Gasteiger partial charge in [-0.3, -0.25) is 0 Å². The van der Waals surface area contributed by atoms with Crippen LogP contribution < -0.4 is 14.9 Å². The zero-order chi connectivity index (χ0) is 20.7. The fourth-order valence-electron chi connectivity index (χ4n) is 1.69. The summed E-state index contributed by atoms with van der Waals surface area (Å²) in [6.07, 6.45) is -10.1. The van der Waals surface area contributed by atoms with Crippen LogP contribution in [0.3, 0.4) is 0 Å². The Balaban J connectivity index is 3.08. The number of ether oxygens (including phenoxy) is 3. The Kier molecular flexibility index (Phi) is 7.73. The van der Waals surface area contributed by atoms with Crippen molar-refractivity contribution in [2.75, 3.05) is 19.8 Å². The van der Waals surface area contributed by atoms with E-state index in [1.54, 1.807) is 6.92 Å². The average Bonchev–Trinajstić information content (AvgIpc) is 2.55. The average molecular weight is 402 g/mol. The van der Waals surface area contributed by atoms with E-state index in [0.717, 1.165) is 18.2 Å². The SMILES string of the molecule is CCOC(=O)N/N=C(\C)c1cc(OCC(F)(F)F)ccc1OCC(F)(F)F. The molecule has 0 fully saturated rings. The number of benzene rings is 1. The lowest BCUT2D eigenvalue weighted by molar-refractivity contribution is -0.154. The van der Waals surface area contributed by atoms with Gasteiger partial charge in [-0.15, -0.1) is 0 Å². The first-order valence-corrected chi connectivity index (χ1v) is 7.42. The molecule has 152 valence electrons. The van der Waals surface area contributed by atoms with Gasteiger partial charge in [0.2, 0.25) is 0 Å². The fraction of sp³-hybridized carbons (Fsp3) is 0.467. The van der Waals surface area contributed by atoms with Crippen molar-refractivity contribution in [1.29, 1.82) is 0 Å². The minimum Gasteiger partial charge on any atom is -0.484 e. The molecule has 0 aromatic heterocycles. The van der Waals surface area contributed by atoms with Crippen molar-refractivity contribution in [2.45, 2.75) is 26.2 Å². The summed E-state index contributed by atoms with van der Waals surface area (Å²) in [7, 11) is 0. The van der Waals surface area contributed by atoms with Crippen LogP contribution >= 0.6 is 0 Å². The van der Waals surface area contributed by atoms with Crippen molar-refractivity contribution in [1.82, 2.24) is 5.43 Å². The van der Waals surface area contributed by atoms with E-state index in [-0.39, 0.29) is 29.4 Å². The van der Waals surface area contributed by atoms with Crippen LogP contribution in [0, 0.1) is 0 Å². The molecule has 0 spiro atoms. The summed E-state index contributed by atoms with van der Waals surface area (Å²) in [6, 6.07) is 3.05. The molecule has 0 aliphatic rings. The van der Waals surface area contributed by atoms with Crippen molar-refractivity contribution in [3.63, 3.8) is 0 Å². The van der Waals surface area contributed by atoms with Crippen LogP contribution in [0.25, 0.3) is 0 Å². The van der Waals surface area contributed by atoms with Crippen LogP contribution in [0.2, 0.25) is 0 Å². The summed E-state index contributed by atoms with van der Waals surface area (Å²) < 4.78 is 87.6. The second kappa shape index (κ2) is 9.33. The van der Waals surface area contributed by atoms with Crippen LogP contribution in [0.5, 0.6) is 11.5 Å². The number of nitrogens with zero attached hydrogens (tertiary/aromatic N) is 1. The molecule has 0 bridgehead atoms. The van der Waals surface area contributed by atoms with Gasteiger partial charge in [0.15, 0.2) is 13.2 Å². The molecule has 6 nitrogen and oxygen atoms in total. The van der Waals surface area contributed by atoms with Gasteiger partial charge in [-0.25, -0.2) is 10.2 Å². The Hall–Kier alpha value is -2.66. The number of rotatable bonds is 7. The number of hydrogen-bond donors (Lipinski definition) is 1. The molecular formula is C15H16F6N2O4. The number of carbonyl (C=O) groups excluding carboxylic acids is 1. The first-order chi connectivity index (χ1) is 12.4. The van der Waals surface area contributed by atoms with E-state index in [2.05, 4.69) is 19.3 Å². The molecule has 1 aromatic carbocycles. The first-order valence-electron chi connectivity index (χ1n) is 7.42. The molecular weight excluding hydrogens is 386 g/mol. The molecule has 0 heterocycles. The molecule has 0 aliphatic heterocycles. The summed E-state index contributed by atoms with van der Waals surface area (Å²) in [4.78, 5) is 11.2. The van der Waals surface area contributed by atoms with Crippen LogP contribution in [-0.4, -0.2) is 44.0 Å². The number of hydrogen-bond acceptors (Lipinski definition) is 5. The lowest BCUT2D eigenvalue weighted by atomic mass is 10.1. The molecule has 12 heteroatoms. The van der Waals surface area contributed by atoms with Crippen molar-refractivity contribution in [3.8, 4) is 11.5 Å². The van der Waals surface area contributed by atoms with Gasteiger partial charge < -0.3 is 14.2 Å². The van der Waals surface area contributed by atoms with E-state index < -0.39 is 31.7 Å². The minimum absolute atomic E-state index is 0.0438. The second-order valence-corrected chi connectivity index (χ2v) is 5.00. The van der Waals surface area contributed by atoms with Crippen molar-refractivity contribution in [2.24, 2.45) is 5.10 Å². The van der Waals surface area contributed by atoms with E-state index in [4.69, 9.17) is 0 Å². The normalized spacial score (nSPS) is 12.5. The van der Waals surface area contributed by atoms with Crippen molar-refractivity contribution >= 4 is 11.8 Å². The third kappa shape index (κ3) is 9.01. The van der Waals surface area contributed by atoms with E-state index in [1.165, 1.54) is 6.92 Å². The number of hydrazone groups is 1. The number of amides is 1. The predicted octanol–water partition coefficient (Wildman–Crippen LogP) is 4.04. The van der Waals surface area contributed by atoms with E-state index in [9.17, 15) is 31.1 Å². The highest BCUT2D eigenvalue weighted by Crippen LogP contribution is 2.28. The minimum atomic E-state index is -4.63. The molecule has 0 unspecified atom stereocenters. The highest BCUT2D eigenvalue weighted by molar-refractivity contribution is 6.01. The Labute approximate surface area is 150 Å². The van der Waals surface area contributed by atoms with Gasteiger partial charge in [0, 0.05) is 5.56 Å². The summed E-state index contributed by atoms with van der Waals surface area (Å²) >= 11 is 0. The third-order valence-electron chi connectivity index (χ3n) is 2.72. The van der Waals surface area contributed by atoms with Crippen molar-refractivity contribution in [3.05, 3.63) is 23.8 Å². The van der Waals surface area contributed by atoms with Gasteiger partial charge in [-0.2, -0.15) is 31.4 Å². The number of halogens is 6. The standard InChI is InChI=1S/C15H16F6N2O4/c1-3-25-13(24)23-22-9(2)11-6-10(26-7-14(16,17)18)4-5-12(11)27-8-15(19,20)21/h4-6H,3,7-8H2,1-2H3,(H,23,24)/b22-9+. The van der Waals surface area contributed by atoms with Gasteiger partial charge in [0.1, 0.15) is 11.5 Å². The smallest absolute Gasteiger partial charge is 0.427 e. The number of nitrogens with one attached hydrogen (secondary N) is 1. The van der Waals surface area contributed by atoms with Gasteiger partial charge in [-0.05, 0) is 32.0 Å². The Morgan fingerprint density at radius 3 is 2.22 bits per heavy atom. The van der Waals surface area contributed by atoms with Gasteiger partial charge in [0.05, 0.1) is 12.3 Å². The largest absolute Gasteiger partial charge is 0.484 e. The molecule has 27 heavy (non-hydrogen) atoms. The lowest BCUT2D eigenvalue weighted by Crippen LogP contribution is -2.22. The van der Waals surface area contributed by atoms with Gasteiger partial charge >= 0.3 is 18.4 Å². The fourth-order valence-corrected chi connectivity index (χ4v) is 1.69. The molecule has 1 amide bonds.